The monoisotopic (exact) mass is 243 g/mol. The quantitative estimate of drug-likeness (QED) is 0.882. The molecule has 0 aliphatic heterocycles. The molecule has 2 aromatic heterocycles. The van der Waals surface area contributed by atoms with Crippen molar-refractivity contribution in [3.8, 4) is 11.6 Å². The fourth-order valence-electron chi connectivity index (χ4n) is 1.94. The zero-order valence-electron chi connectivity index (χ0n) is 10.7. The van der Waals surface area contributed by atoms with Crippen LogP contribution >= 0.6 is 0 Å². The normalized spacial score (nSPS) is 15.0. The van der Waals surface area contributed by atoms with Crippen LogP contribution in [0, 0.1) is 6.92 Å². The summed E-state index contributed by atoms with van der Waals surface area (Å²) in [7, 11) is 1.95. The lowest BCUT2D eigenvalue weighted by Crippen LogP contribution is -2.17. The molecular formula is C13H17N5. The highest BCUT2D eigenvalue weighted by atomic mass is 15.1. The summed E-state index contributed by atoms with van der Waals surface area (Å²) < 4.78 is 1.94. The van der Waals surface area contributed by atoms with Crippen molar-refractivity contribution in [3.05, 3.63) is 29.8 Å². The molecule has 0 aromatic carbocycles. The van der Waals surface area contributed by atoms with Gasteiger partial charge in [-0.25, -0.2) is 15.0 Å². The van der Waals surface area contributed by atoms with Gasteiger partial charge in [-0.05, 0) is 25.8 Å². The number of aryl methyl sites for hydroxylation is 2. The van der Waals surface area contributed by atoms with Crippen LogP contribution in [-0.4, -0.2) is 25.6 Å². The zero-order chi connectivity index (χ0) is 12.5. The lowest BCUT2D eigenvalue weighted by atomic mass is 10.3. The maximum absolute atomic E-state index is 4.58. The highest BCUT2D eigenvalue weighted by molar-refractivity contribution is 5.44. The predicted molar refractivity (Wildman–Crippen MR) is 68.8 cm³/mol. The average Bonchev–Trinajstić information content (AvgIpc) is 3.07. The molecule has 2 heterocycles. The van der Waals surface area contributed by atoms with Gasteiger partial charge in [-0.15, -0.1) is 0 Å². The van der Waals surface area contributed by atoms with Crippen molar-refractivity contribution in [1.82, 2.24) is 24.8 Å². The minimum Gasteiger partial charge on any atom is -0.331 e. The molecule has 0 unspecified atom stereocenters. The molecule has 1 N–H and O–H groups in total. The van der Waals surface area contributed by atoms with E-state index in [0.717, 1.165) is 23.8 Å². The predicted octanol–water partition coefficient (Wildman–Crippen LogP) is 1.44. The van der Waals surface area contributed by atoms with Crippen LogP contribution in [-0.2, 0) is 13.6 Å². The Morgan fingerprint density at radius 2 is 2.22 bits per heavy atom. The van der Waals surface area contributed by atoms with Crippen LogP contribution in [0.15, 0.2) is 18.5 Å². The Hall–Kier alpha value is -1.75. The fourth-order valence-corrected chi connectivity index (χ4v) is 1.94. The Bertz CT molecular complexity index is 556. The summed E-state index contributed by atoms with van der Waals surface area (Å²) in [5.41, 5.74) is 2.02. The van der Waals surface area contributed by atoms with Gasteiger partial charge in [0.25, 0.3) is 0 Å². The van der Waals surface area contributed by atoms with Gasteiger partial charge in [0.1, 0.15) is 0 Å². The van der Waals surface area contributed by atoms with Crippen LogP contribution in [0.5, 0.6) is 0 Å². The maximum Gasteiger partial charge on any atom is 0.196 e. The molecule has 0 spiro atoms. The summed E-state index contributed by atoms with van der Waals surface area (Å²) in [5.74, 6) is 1.52. The molecule has 18 heavy (non-hydrogen) atoms. The minimum absolute atomic E-state index is 0.692. The highest BCUT2D eigenvalue weighted by Crippen LogP contribution is 2.19. The molecule has 0 bridgehead atoms. The second-order valence-corrected chi connectivity index (χ2v) is 4.84. The first-order valence-corrected chi connectivity index (χ1v) is 6.28. The van der Waals surface area contributed by atoms with Gasteiger partial charge in [0.15, 0.2) is 11.6 Å². The topological polar surface area (TPSA) is 55.6 Å². The van der Waals surface area contributed by atoms with E-state index in [0.29, 0.717) is 11.9 Å². The van der Waals surface area contributed by atoms with E-state index >= 15 is 0 Å². The first kappa shape index (κ1) is 11.3. The average molecular weight is 243 g/mol. The molecule has 0 atom stereocenters. The van der Waals surface area contributed by atoms with Crippen molar-refractivity contribution in [2.24, 2.45) is 7.05 Å². The first-order chi connectivity index (χ1) is 8.72. The van der Waals surface area contributed by atoms with Crippen LogP contribution < -0.4 is 5.32 Å². The van der Waals surface area contributed by atoms with Crippen LogP contribution in [0.1, 0.15) is 24.2 Å². The lowest BCUT2D eigenvalue weighted by molar-refractivity contribution is 0.671. The van der Waals surface area contributed by atoms with E-state index in [2.05, 4.69) is 20.3 Å². The molecule has 5 heteroatoms. The van der Waals surface area contributed by atoms with Crippen molar-refractivity contribution < 1.29 is 0 Å². The summed E-state index contributed by atoms with van der Waals surface area (Å²) in [6, 6.07) is 2.72. The Balaban J connectivity index is 1.87. The van der Waals surface area contributed by atoms with E-state index in [4.69, 9.17) is 0 Å². The van der Waals surface area contributed by atoms with Crippen molar-refractivity contribution in [2.45, 2.75) is 32.4 Å². The van der Waals surface area contributed by atoms with Gasteiger partial charge < -0.3 is 9.88 Å². The van der Waals surface area contributed by atoms with E-state index in [-0.39, 0.29) is 0 Å². The van der Waals surface area contributed by atoms with E-state index in [1.165, 1.54) is 12.8 Å². The zero-order valence-corrected chi connectivity index (χ0v) is 10.7. The van der Waals surface area contributed by atoms with Gasteiger partial charge in [0.2, 0.25) is 0 Å². The fraction of sp³-hybridized carbons (Fsp3) is 0.462. The lowest BCUT2D eigenvalue weighted by Gasteiger charge is -2.06. The number of nitrogens with zero attached hydrogens (tertiary/aromatic N) is 4. The third kappa shape index (κ3) is 2.41. The SMILES string of the molecule is Cc1cc(CNC2CC2)nc(-c2nccn2C)n1. The van der Waals surface area contributed by atoms with E-state index in [9.17, 15) is 0 Å². The third-order valence-electron chi connectivity index (χ3n) is 3.08. The molecule has 94 valence electrons. The standard InChI is InChI=1S/C13H17N5/c1-9-7-11(8-15-10-3-4-10)17-12(16-9)13-14-5-6-18(13)2/h5-7,10,15H,3-4,8H2,1-2H3. The summed E-state index contributed by atoms with van der Waals surface area (Å²) >= 11 is 0. The summed E-state index contributed by atoms with van der Waals surface area (Å²) in [6.45, 7) is 2.81. The molecule has 1 saturated carbocycles. The Labute approximate surface area is 106 Å². The number of aromatic nitrogens is 4. The van der Waals surface area contributed by atoms with Gasteiger partial charge in [-0.2, -0.15) is 0 Å². The number of hydrogen-bond acceptors (Lipinski definition) is 4. The molecule has 5 nitrogen and oxygen atoms in total. The number of hydrogen-bond donors (Lipinski definition) is 1. The molecular weight excluding hydrogens is 226 g/mol. The third-order valence-corrected chi connectivity index (χ3v) is 3.08. The molecule has 0 amide bonds. The minimum atomic E-state index is 0.692. The van der Waals surface area contributed by atoms with E-state index in [1.54, 1.807) is 6.20 Å². The van der Waals surface area contributed by atoms with Crippen molar-refractivity contribution >= 4 is 0 Å². The van der Waals surface area contributed by atoms with Gasteiger partial charge in [-0.3, -0.25) is 0 Å². The van der Waals surface area contributed by atoms with Crippen molar-refractivity contribution in [1.29, 1.82) is 0 Å². The summed E-state index contributed by atoms with van der Waals surface area (Å²) in [4.78, 5) is 13.3. The van der Waals surface area contributed by atoms with E-state index in [1.807, 2.05) is 30.8 Å². The van der Waals surface area contributed by atoms with Crippen molar-refractivity contribution in [3.63, 3.8) is 0 Å². The maximum atomic E-state index is 4.58. The second-order valence-electron chi connectivity index (χ2n) is 4.84. The van der Waals surface area contributed by atoms with Gasteiger partial charge >= 0.3 is 0 Å². The molecule has 0 radical (unpaired) electrons. The second kappa shape index (κ2) is 4.49. The molecule has 1 aliphatic rings. The Morgan fingerprint density at radius 1 is 1.39 bits per heavy atom. The first-order valence-electron chi connectivity index (χ1n) is 6.28. The van der Waals surface area contributed by atoms with Crippen LogP contribution in [0.3, 0.4) is 0 Å². The van der Waals surface area contributed by atoms with Crippen LogP contribution in [0.2, 0.25) is 0 Å². The van der Waals surface area contributed by atoms with Gasteiger partial charge in [-0.1, -0.05) is 0 Å². The Kier molecular flexibility index (Phi) is 2.83. The van der Waals surface area contributed by atoms with Gasteiger partial charge in [0.05, 0.1) is 5.69 Å². The van der Waals surface area contributed by atoms with Crippen LogP contribution in [0.4, 0.5) is 0 Å². The van der Waals surface area contributed by atoms with Crippen molar-refractivity contribution in [2.75, 3.05) is 0 Å². The molecule has 1 aliphatic carbocycles. The molecule has 1 fully saturated rings. The van der Waals surface area contributed by atoms with Gasteiger partial charge in [0, 0.05) is 37.7 Å². The highest BCUT2D eigenvalue weighted by Gasteiger charge is 2.20. The smallest absolute Gasteiger partial charge is 0.196 e. The molecule has 3 rings (SSSR count). The summed E-state index contributed by atoms with van der Waals surface area (Å²) in [6.07, 6.45) is 6.25. The molecule has 2 aromatic rings. The Morgan fingerprint density at radius 3 is 2.89 bits per heavy atom. The van der Waals surface area contributed by atoms with E-state index < -0.39 is 0 Å². The largest absolute Gasteiger partial charge is 0.331 e. The van der Waals surface area contributed by atoms with Crippen LogP contribution in [0.25, 0.3) is 11.6 Å². The number of nitrogens with one attached hydrogen (secondary N) is 1. The molecule has 0 saturated heterocycles. The number of rotatable bonds is 4. The summed E-state index contributed by atoms with van der Waals surface area (Å²) in [5, 5.41) is 3.47. The number of imidazole rings is 1.